The van der Waals surface area contributed by atoms with Gasteiger partial charge in [-0.15, -0.1) is 0 Å². The zero-order chi connectivity index (χ0) is 20.5. The highest BCUT2D eigenvalue weighted by molar-refractivity contribution is 6.06. The third-order valence-corrected chi connectivity index (χ3v) is 5.42. The second-order valence-electron chi connectivity index (χ2n) is 8.20. The van der Waals surface area contributed by atoms with E-state index in [1.807, 2.05) is 19.2 Å². The first-order valence-electron chi connectivity index (χ1n) is 10.3. The maximum absolute atomic E-state index is 5.09. The summed E-state index contributed by atoms with van der Waals surface area (Å²) in [4.78, 5) is 14.6. The van der Waals surface area contributed by atoms with E-state index in [4.69, 9.17) is 9.98 Å². The summed E-state index contributed by atoms with van der Waals surface area (Å²) in [6.45, 7) is 10.9. The smallest absolute Gasteiger partial charge is 0.0972 e. The molecule has 2 heterocycles. The number of fused-ring (bicyclic) bond motifs is 3. The van der Waals surface area contributed by atoms with Gasteiger partial charge in [0.1, 0.15) is 0 Å². The highest BCUT2D eigenvalue weighted by Gasteiger charge is 2.14. The lowest BCUT2D eigenvalue weighted by Crippen LogP contribution is -2.02. The number of hydrogen-bond donors (Lipinski definition) is 0. The molecule has 3 nitrogen and oxygen atoms in total. The number of aromatic nitrogens is 2. The van der Waals surface area contributed by atoms with E-state index < -0.39 is 0 Å². The van der Waals surface area contributed by atoms with E-state index in [2.05, 4.69) is 81.2 Å². The largest absolute Gasteiger partial charge is 0.254 e. The Hall–Kier alpha value is -3.07. The fourth-order valence-electron chi connectivity index (χ4n) is 3.79. The zero-order valence-electron chi connectivity index (χ0n) is 17.8. The van der Waals surface area contributed by atoms with E-state index in [1.54, 1.807) is 0 Å². The summed E-state index contributed by atoms with van der Waals surface area (Å²) >= 11 is 0. The van der Waals surface area contributed by atoms with E-state index in [9.17, 15) is 0 Å². The van der Waals surface area contributed by atoms with Crippen LogP contribution < -0.4 is 0 Å². The molecule has 0 aliphatic rings. The molecule has 0 amide bonds. The van der Waals surface area contributed by atoms with E-state index in [1.165, 1.54) is 11.1 Å². The van der Waals surface area contributed by atoms with Gasteiger partial charge in [0.05, 0.1) is 28.1 Å². The molecule has 0 saturated carbocycles. The fourth-order valence-corrected chi connectivity index (χ4v) is 3.79. The Morgan fingerprint density at radius 2 is 1.38 bits per heavy atom. The van der Waals surface area contributed by atoms with E-state index in [-0.39, 0.29) is 0 Å². The molecular formula is C26H27N3. The van der Waals surface area contributed by atoms with Gasteiger partial charge in [-0.3, -0.25) is 9.98 Å². The van der Waals surface area contributed by atoms with Crippen LogP contribution in [0.3, 0.4) is 0 Å². The summed E-state index contributed by atoms with van der Waals surface area (Å²) in [5, 5.41) is 2.20. The predicted octanol–water partition coefficient (Wildman–Crippen LogP) is 7.17. The molecule has 4 rings (SSSR count). The van der Waals surface area contributed by atoms with Crippen molar-refractivity contribution in [3.05, 3.63) is 77.6 Å². The summed E-state index contributed by atoms with van der Waals surface area (Å²) in [6.07, 6.45) is 1.82. The van der Waals surface area contributed by atoms with Crippen molar-refractivity contribution < 1.29 is 0 Å². The van der Waals surface area contributed by atoms with Gasteiger partial charge in [0, 0.05) is 17.0 Å². The van der Waals surface area contributed by atoms with Crippen LogP contribution in [0.25, 0.3) is 21.8 Å². The highest BCUT2D eigenvalue weighted by Crippen LogP contribution is 2.35. The van der Waals surface area contributed by atoms with Crippen molar-refractivity contribution in [3.8, 4) is 0 Å². The molecule has 0 spiro atoms. The zero-order valence-corrected chi connectivity index (χ0v) is 17.8. The number of aliphatic imine (C=N–C) groups is 1. The van der Waals surface area contributed by atoms with Crippen molar-refractivity contribution in [2.75, 3.05) is 0 Å². The topological polar surface area (TPSA) is 38.1 Å². The molecule has 0 radical (unpaired) electrons. The summed E-state index contributed by atoms with van der Waals surface area (Å²) < 4.78 is 0. The summed E-state index contributed by atoms with van der Waals surface area (Å²) in [5.74, 6) is 0.830. The minimum absolute atomic E-state index is 0.415. The molecule has 0 aliphatic heterocycles. The minimum Gasteiger partial charge on any atom is -0.254 e. The fraction of sp³-hybridized carbons (Fsp3) is 0.269. The third kappa shape index (κ3) is 3.65. The summed E-state index contributed by atoms with van der Waals surface area (Å²) in [6, 6.07) is 18.9. The third-order valence-electron chi connectivity index (χ3n) is 5.42. The van der Waals surface area contributed by atoms with Gasteiger partial charge in [-0.05, 0) is 42.0 Å². The molecule has 0 unspecified atom stereocenters. The second kappa shape index (κ2) is 7.75. The summed E-state index contributed by atoms with van der Waals surface area (Å²) in [7, 11) is 0. The average molecular weight is 382 g/mol. The molecule has 29 heavy (non-hydrogen) atoms. The van der Waals surface area contributed by atoms with Crippen molar-refractivity contribution in [2.24, 2.45) is 4.99 Å². The van der Waals surface area contributed by atoms with Crippen molar-refractivity contribution >= 4 is 33.2 Å². The Balaban J connectivity index is 1.89. The molecule has 0 saturated heterocycles. The Morgan fingerprint density at radius 1 is 0.759 bits per heavy atom. The van der Waals surface area contributed by atoms with Crippen LogP contribution in [0.2, 0.25) is 0 Å². The van der Waals surface area contributed by atoms with Crippen LogP contribution in [0.15, 0.2) is 65.8 Å². The SMILES string of the molecule is C/C(=N/c1c(C(C)C)cccc1C(C)C)c1ccc2ccc3cccnc3c2n1. The Bertz CT molecular complexity index is 1190. The molecule has 0 bridgehead atoms. The lowest BCUT2D eigenvalue weighted by atomic mass is 9.93. The van der Waals surface area contributed by atoms with Crippen LogP contribution in [0.5, 0.6) is 0 Å². The molecule has 0 atom stereocenters. The normalized spacial score (nSPS) is 12.4. The minimum atomic E-state index is 0.415. The number of pyridine rings is 2. The first-order chi connectivity index (χ1) is 14.0. The first kappa shape index (κ1) is 19.3. The predicted molar refractivity (Wildman–Crippen MR) is 124 cm³/mol. The van der Waals surface area contributed by atoms with Crippen LogP contribution in [-0.4, -0.2) is 15.7 Å². The molecular weight excluding hydrogens is 354 g/mol. The van der Waals surface area contributed by atoms with Crippen molar-refractivity contribution in [1.29, 1.82) is 0 Å². The van der Waals surface area contributed by atoms with Crippen LogP contribution >= 0.6 is 0 Å². The van der Waals surface area contributed by atoms with Crippen LogP contribution in [0.1, 0.15) is 63.3 Å². The standard InChI is InChI=1S/C26H27N3/c1-16(2)21-9-6-10-22(17(3)4)26(21)28-18(5)23-14-13-20-12-11-19-8-7-15-27-24(19)25(20)29-23/h6-17H,1-5H3/b28-18-. The lowest BCUT2D eigenvalue weighted by molar-refractivity contribution is 0.834. The van der Waals surface area contributed by atoms with E-state index in [0.29, 0.717) is 11.8 Å². The van der Waals surface area contributed by atoms with Crippen molar-refractivity contribution in [1.82, 2.24) is 9.97 Å². The highest BCUT2D eigenvalue weighted by atomic mass is 14.8. The Labute approximate surface area is 172 Å². The van der Waals surface area contributed by atoms with Gasteiger partial charge >= 0.3 is 0 Å². The average Bonchev–Trinajstić information content (AvgIpc) is 2.73. The molecule has 4 aromatic rings. The van der Waals surface area contributed by atoms with Gasteiger partial charge in [-0.2, -0.15) is 0 Å². The van der Waals surface area contributed by atoms with Crippen LogP contribution in [0.4, 0.5) is 5.69 Å². The lowest BCUT2D eigenvalue weighted by Gasteiger charge is -2.17. The van der Waals surface area contributed by atoms with Gasteiger partial charge in [0.15, 0.2) is 0 Å². The van der Waals surface area contributed by atoms with Gasteiger partial charge < -0.3 is 0 Å². The van der Waals surface area contributed by atoms with Gasteiger partial charge in [-0.25, -0.2) is 4.98 Å². The quantitative estimate of drug-likeness (QED) is 0.277. The Morgan fingerprint density at radius 3 is 2.03 bits per heavy atom. The van der Waals surface area contributed by atoms with Gasteiger partial charge in [-0.1, -0.05) is 70.2 Å². The number of nitrogens with zero attached hydrogens (tertiary/aromatic N) is 3. The van der Waals surface area contributed by atoms with E-state index in [0.717, 1.165) is 38.9 Å². The van der Waals surface area contributed by atoms with Gasteiger partial charge in [0.25, 0.3) is 0 Å². The van der Waals surface area contributed by atoms with Crippen LogP contribution in [-0.2, 0) is 0 Å². The monoisotopic (exact) mass is 381 g/mol. The van der Waals surface area contributed by atoms with Crippen molar-refractivity contribution in [2.45, 2.75) is 46.5 Å². The maximum atomic E-state index is 5.09. The molecule has 0 fully saturated rings. The maximum Gasteiger partial charge on any atom is 0.0972 e. The first-order valence-corrected chi connectivity index (χ1v) is 10.3. The molecule has 0 aliphatic carbocycles. The Kier molecular flexibility index (Phi) is 5.14. The summed E-state index contributed by atoms with van der Waals surface area (Å²) in [5.41, 5.74) is 7.33. The number of hydrogen-bond acceptors (Lipinski definition) is 3. The second-order valence-corrected chi connectivity index (χ2v) is 8.20. The number of benzene rings is 2. The van der Waals surface area contributed by atoms with Gasteiger partial charge in [0.2, 0.25) is 0 Å². The van der Waals surface area contributed by atoms with E-state index >= 15 is 0 Å². The number of rotatable bonds is 4. The molecule has 2 aromatic heterocycles. The molecule has 146 valence electrons. The number of para-hydroxylation sites is 1. The van der Waals surface area contributed by atoms with Crippen LogP contribution in [0, 0.1) is 0 Å². The molecule has 2 aromatic carbocycles. The molecule has 0 N–H and O–H groups in total. The van der Waals surface area contributed by atoms with Crippen molar-refractivity contribution in [3.63, 3.8) is 0 Å². The molecule has 3 heteroatoms.